The maximum absolute atomic E-state index is 5.42. The standard InChI is InChI=1S/C18H27N5O/c1-22(2)9-5-8-19-18-15-6-3-4-7-16(15)20-17(21-18)14-23-10-12-24-13-11-23/h3-4,6-7H,5,8-14H2,1-2H3,(H,19,20,21). The summed E-state index contributed by atoms with van der Waals surface area (Å²) in [4.78, 5) is 14.1. The van der Waals surface area contributed by atoms with Gasteiger partial charge in [-0.05, 0) is 39.2 Å². The van der Waals surface area contributed by atoms with E-state index in [0.29, 0.717) is 0 Å². The second-order valence-electron chi connectivity index (χ2n) is 6.48. The Labute approximate surface area is 143 Å². The Kier molecular flexibility index (Phi) is 5.96. The summed E-state index contributed by atoms with van der Waals surface area (Å²) in [6.45, 7) is 6.24. The summed E-state index contributed by atoms with van der Waals surface area (Å²) in [6, 6.07) is 8.22. The minimum Gasteiger partial charge on any atom is -0.379 e. The zero-order valence-electron chi connectivity index (χ0n) is 14.7. The summed E-state index contributed by atoms with van der Waals surface area (Å²) in [5, 5.41) is 4.59. The van der Waals surface area contributed by atoms with Gasteiger partial charge >= 0.3 is 0 Å². The van der Waals surface area contributed by atoms with E-state index in [-0.39, 0.29) is 0 Å². The number of morpholine rings is 1. The summed E-state index contributed by atoms with van der Waals surface area (Å²) in [6.07, 6.45) is 1.09. The molecule has 2 aromatic rings. The predicted octanol–water partition coefficient (Wildman–Crippen LogP) is 1.83. The molecule has 0 atom stereocenters. The molecule has 6 heteroatoms. The second kappa shape index (κ2) is 8.37. The molecule has 0 aliphatic carbocycles. The largest absolute Gasteiger partial charge is 0.379 e. The number of fused-ring (bicyclic) bond motifs is 1. The Hall–Kier alpha value is -1.76. The van der Waals surface area contributed by atoms with Crippen molar-refractivity contribution in [2.45, 2.75) is 13.0 Å². The molecule has 24 heavy (non-hydrogen) atoms. The molecule has 6 nitrogen and oxygen atoms in total. The Morgan fingerprint density at radius 2 is 1.96 bits per heavy atom. The van der Waals surface area contributed by atoms with Gasteiger partial charge in [-0.25, -0.2) is 9.97 Å². The van der Waals surface area contributed by atoms with Crippen LogP contribution in [0.4, 0.5) is 5.82 Å². The summed E-state index contributed by atoms with van der Waals surface area (Å²) < 4.78 is 5.42. The maximum atomic E-state index is 5.42. The molecule has 0 bridgehead atoms. The van der Waals surface area contributed by atoms with E-state index in [4.69, 9.17) is 14.7 Å². The highest BCUT2D eigenvalue weighted by atomic mass is 16.5. The number of anilines is 1. The number of hydrogen-bond donors (Lipinski definition) is 1. The van der Waals surface area contributed by atoms with Crippen molar-refractivity contribution in [1.82, 2.24) is 19.8 Å². The van der Waals surface area contributed by atoms with E-state index >= 15 is 0 Å². The number of para-hydroxylation sites is 1. The monoisotopic (exact) mass is 329 g/mol. The maximum Gasteiger partial charge on any atom is 0.145 e. The van der Waals surface area contributed by atoms with E-state index in [0.717, 1.165) is 74.9 Å². The fraction of sp³-hybridized carbons (Fsp3) is 0.556. The van der Waals surface area contributed by atoms with Crippen LogP contribution in [0, 0.1) is 0 Å². The highest BCUT2D eigenvalue weighted by Crippen LogP contribution is 2.20. The molecule has 3 rings (SSSR count). The van der Waals surface area contributed by atoms with Crippen LogP contribution in [-0.2, 0) is 11.3 Å². The van der Waals surface area contributed by atoms with Crippen LogP contribution in [-0.4, -0.2) is 73.3 Å². The van der Waals surface area contributed by atoms with Gasteiger partial charge in [0.2, 0.25) is 0 Å². The number of hydrogen-bond acceptors (Lipinski definition) is 6. The molecule has 1 aromatic heterocycles. The first kappa shape index (κ1) is 17.1. The van der Waals surface area contributed by atoms with Gasteiger partial charge in [-0.3, -0.25) is 4.90 Å². The van der Waals surface area contributed by atoms with E-state index in [9.17, 15) is 0 Å². The first-order valence-electron chi connectivity index (χ1n) is 8.67. The Morgan fingerprint density at radius 3 is 2.75 bits per heavy atom. The predicted molar refractivity (Wildman–Crippen MR) is 97.3 cm³/mol. The SMILES string of the molecule is CN(C)CCCNc1nc(CN2CCOCC2)nc2ccccc12. The molecule has 0 saturated carbocycles. The molecule has 1 aliphatic rings. The van der Waals surface area contributed by atoms with Gasteiger partial charge in [-0.1, -0.05) is 12.1 Å². The minimum absolute atomic E-state index is 0.778. The Balaban J connectivity index is 1.74. The Bertz CT molecular complexity index is 655. The highest BCUT2D eigenvalue weighted by Gasteiger charge is 2.14. The lowest BCUT2D eigenvalue weighted by Gasteiger charge is -2.26. The van der Waals surface area contributed by atoms with E-state index < -0.39 is 0 Å². The number of nitrogens with one attached hydrogen (secondary N) is 1. The van der Waals surface area contributed by atoms with Crippen LogP contribution in [0.1, 0.15) is 12.2 Å². The highest BCUT2D eigenvalue weighted by molar-refractivity contribution is 5.88. The van der Waals surface area contributed by atoms with Crippen molar-refractivity contribution in [3.05, 3.63) is 30.1 Å². The van der Waals surface area contributed by atoms with Gasteiger partial charge in [0.1, 0.15) is 11.6 Å². The van der Waals surface area contributed by atoms with Crippen LogP contribution in [0.25, 0.3) is 10.9 Å². The minimum atomic E-state index is 0.778. The molecule has 1 N–H and O–H groups in total. The van der Waals surface area contributed by atoms with Crippen LogP contribution in [0.3, 0.4) is 0 Å². The summed E-state index contributed by atoms with van der Waals surface area (Å²) in [7, 11) is 4.20. The average Bonchev–Trinajstić information content (AvgIpc) is 2.59. The molecular weight excluding hydrogens is 302 g/mol. The van der Waals surface area contributed by atoms with Gasteiger partial charge in [0, 0.05) is 25.0 Å². The third-order valence-electron chi connectivity index (χ3n) is 4.19. The van der Waals surface area contributed by atoms with E-state index in [2.05, 4.69) is 41.3 Å². The van der Waals surface area contributed by atoms with E-state index in [1.165, 1.54) is 0 Å². The number of aromatic nitrogens is 2. The molecule has 0 radical (unpaired) electrons. The summed E-state index contributed by atoms with van der Waals surface area (Å²) in [5.74, 6) is 1.83. The summed E-state index contributed by atoms with van der Waals surface area (Å²) in [5.41, 5.74) is 1.01. The number of nitrogens with zero attached hydrogens (tertiary/aromatic N) is 4. The average molecular weight is 329 g/mol. The van der Waals surface area contributed by atoms with Crippen LogP contribution < -0.4 is 5.32 Å². The van der Waals surface area contributed by atoms with Crippen molar-refractivity contribution in [1.29, 1.82) is 0 Å². The van der Waals surface area contributed by atoms with Crippen LogP contribution in [0.15, 0.2) is 24.3 Å². The lowest BCUT2D eigenvalue weighted by atomic mass is 10.2. The Morgan fingerprint density at radius 1 is 1.17 bits per heavy atom. The van der Waals surface area contributed by atoms with Crippen molar-refractivity contribution in [2.75, 3.05) is 58.8 Å². The summed E-state index contributed by atoms with van der Waals surface area (Å²) >= 11 is 0. The molecule has 0 spiro atoms. The fourth-order valence-electron chi connectivity index (χ4n) is 2.89. The molecular formula is C18H27N5O. The lowest BCUT2D eigenvalue weighted by Crippen LogP contribution is -2.36. The van der Waals surface area contributed by atoms with Gasteiger partial charge in [-0.2, -0.15) is 0 Å². The number of ether oxygens (including phenoxy) is 1. The van der Waals surface area contributed by atoms with Crippen molar-refractivity contribution in [3.8, 4) is 0 Å². The van der Waals surface area contributed by atoms with Gasteiger partial charge < -0.3 is 15.0 Å². The van der Waals surface area contributed by atoms with Gasteiger partial charge in [0.25, 0.3) is 0 Å². The molecule has 1 aromatic carbocycles. The molecule has 1 fully saturated rings. The van der Waals surface area contributed by atoms with Crippen molar-refractivity contribution >= 4 is 16.7 Å². The molecule has 130 valence electrons. The number of rotatable bonds is 7. The normalized spacial score (nSPS) is 16.0. The second-order valence-corrected chi connectivity index (χ2v) is 6.48. The third-order valence-corrected chi connectivity index (χ3v) is 4.19. The number of benzene rings is 1. The van der Waals surface area contributed by atoms with Crippen molar-refractivity contribution in [3.63, 3.8) is 0 Å². The molecule has 2 heterocycles. The first-order valence-corrected chi connectivity index (χ1v) is 8.67. The lowest BCUT2D eigenvalue weighted by molar-refractivity contribution is 0.0331. The fourth-order valence-corrected chi connectivity index (χ4v) is 2.89. The third kappa shape index (κ3) is 4.63. The zero-order valence-corrected chi connectivity index (χ0v) is 14.7. The van der Waals surface area contributed by atoms with Crippen molar-refractivity contribution < 1.29 is 4.74 Å². The quantitative estimate of drug-likeness (QED) is 0.782. The van der Waals surface area contributed by atoms with Gasteiger partial charge in [-0.15, -0.1) is 0 Å². The van der Waals surface area contributed by atoms with Crippen LogP contribution >= 0.6 is 0 Å². The van der Waals surface area contributed by atoms with E-state index in [1.54, 1.807) is 0 Å². The topological polar surface area (TPSA) is 53.5 Å². The van der Waals surface area contributed by atoms with Gasteiger partial charge in [0.15, 0.2) is 0 Å². The molecule has 0 amide bonds. The smallest absolute Gasteiger partial charge is 0.145 e. The first-order chi connectivity index (χ1) is 11.7. The van der Waals surface area contributed by atoms with E-state index in [1.807, 2.05) is 12.1 Å². The molecule has 1 aliphatic heterocycles. The van der Waals surface area contributed by atoms with Gasteiger partial charge in [0.05, 0.1) is 25.3 Å². The van der Waals surface area contributed by atoms with Crippen LogP contribution in [0.2, 0.25) is 0 Å². The zero-order chi connectivity index (χ0) is 16.8. The van der Waals surface area contributed by atoms with Crippen molar-refractivity contribution in [2.24, 2.45) is 0 Å². The molecule has 1 saturated heterocycles. The molecule has 0 unspecified atom stereocenters. The van der Waals surface area contributed by atoms with Crippen LogP contribution in [0.5, 0.6) is 0 Å².